The molecule has 8 nitrogen and oxygen atoms in total. The van der Waals surface area contributed by atoms with Gasteiger partial charge in [-0.25, -0.2) is 5.43 Å². The molecule has 142 valence electrons. The minimum absolute atomic E-state index is 0.0699. The van der Waals surface area contributed by atoms with Gasteiger partial charge in [-0.1, -0.05) is 0 Å². The van der Waals surface area contributed by atoms with Gasteiger partial charge in [0.1, 0.15) is 0 Å². The number of carbonyl (C=O) groups is 1. The van der Waals surface area contributed by atoms with Crippen LogP contribution in [-0.4, -0.2) is 39.7 Å². The molecule has 0 fully saturated rings. The van der Waals surface area contributed by atoms with E-state index in [1.54, 1.807) is 38.6 Å². The number of methoxy groups -OCH3 is 2. The monoisotopic (exact) mass is 483 g/mol. The smallest absolute Gasteiger partial charge is 0.259 e. The van der Waals surface area contributed by atoms with Crippen molar-refractivity contribution in [3.05, 3.63) is 39.5 Å². The molecule has 0 atom stereocenters. The fraction of sp³-hybridized carbons (Fsp3) is 0.222. The third-order valence-corrected chi connectivity index (χ3v) is 4.49. The van der Waals surface area contributed by atoms with Crippen molar-refractivity contribution >= 4 is 40.4 Å². The molecule has 0 saturated heterocycles. The van der Waals surface area contributed by atoms with E-state index in [0.29, 0.717) is 23.0 Å². The number of benzene rings is 2. The minimum atomic E-state index is -0.279. The topological polar surface area (TPSA) is 90.4 Å². The Balaban J connectivity index is 1.54. The molecule has 1 heterocycles. The van der Waals surface area contributed by atoms with Gasteiger partial charge in [-0.05, 0) is 52.4 Å². The molecule has 2 aromatic carbocycles. The standard InChI is InChI=1S/C18H18IN3O5/c1-24-16-6-11(5-13(19)18(16)25-2)8-21-22-17(23)9-20-12-3-4-14-15(7-12)27-10-26-14/h3-8,20H,9-10H2,1-2H3,(H,22,23). The Kier molecular flexibility index (Phi) is 6.22. The molecular weight excluding hydrogens is 465 g/mol. The lowest BCUT2D eigenvalue weighted by Crippen LogP contribution is -2.25. The van der Waals surface area contributed by atoms with Gasteiger partial charge in [0, 0.05) is 11.8 Å². The second-order valence-electron chi connectivity index (χ2n) is 5.45. The van der Waals surface area contributed by atoms with Crippen LogP contribution in [-0.2, 0) is 4.79 Å². The zero-order valence-electron chi connectivity index (χ0n) is 14.7. The van der Waals surface area contributed by atoms with E-state index in [2.05, 4.69) is 38.4 Å². The van der Waals surface area contributed by atoms with Crippen LogP contribution in [0.15, 0.2) is 35.4 Å². The van der Waals surface area contributed by atoms with E-state index in [0.717, 1.165) is 14.8 Å². The molecule has 2 N–H and O–H groups in total. The average molecular weight is 483 g/mol. The molecular formula is C18H18IN3O5. The molecule has 27 heavy (non-hydrogen) atoms. The lowest BCUT2D eigenvalue weighted by atomic mass is 10.2. The Morgan fingerprint density at radius 2 is 2.04 bits per heavy atom. The Hall–Kier alpha value is -2.69. The number of hydrogen-bond donors (Lipinski definition) is 2. The number of nitrogens with one attached hydrogen (secondary N) is 2. The van der Waals surface area contributed by atoms with Crippen molar-refractivity contribution in [1.29, 1.82) is 0 Å². The number of rotatable bonds is 7. The van der Waals surface area contributed by atoms with Crippen LogP contribution in [0.3, 0.4) is 0 Å². The first-order valence-electron chi connectivity index (χ1n) is 7.97. The van der Waals surface area contributed by atoms with Crippen molar-refractivity contribution in [2.45, 2.75) is 0 Å². The summed E-state index contributed by atoms with van der Waals surface area (Å²) < 4.78 is 22.0. The van der Waals surface area contributed by atoms with Crippen molar-refractivity contribution in [1.82, 2.24) is 5.43 Å². The fourth-order valence-electron chi connectivity index (χ4n) is 2.42. The molecule has 0 spiro atoms. The number of amides is 1. The molecule has 0 saturated carbocycles. The summed E-state index contributed by atoms with van der Waals surface area (Å²) in [6, 6.07) is 9.05. The van der Waals surface area contributed by atoms with E-state index in [4.69, 9.17) is 18.9 Å². The Labute approximate surface area is 170 Å². The summed E-state index contributed by atoms with van der Waals surface area (Å²) in [5.41, 5.74) is 4.01. The third kappa shape index (κ3) is 4.73. The maximum absolute atomic E-state index is 11.9. The lowest BCUT2D eigenvalue weighted by molar-refractivity contribution is -0.119. The van der Waals surface area contributed by atoms with Gasteiger partial charge >= 0.3 is 0 Å². The lowest BCUT2D eigenvalue weighted by Gasteiger charge is -2.10. The highest BCUT2D eigenvalue weighted by atomic mass is 127. The van der Waals surface area contributed by atoms with E-state index in [1.807, 2.05) is 12.1 Å². The van der Waals surface area contributed by atoms with Gasteiger partial charge in [-0.15, -0.1) is 0 Å². The number of anilines is 1. The van der Waals surface area contributed by atoms with Crippen LogP contribution in [0.5, 0.6) is 23.0 Å². The maximum Gasteiger partial charge on any atom is 0.259 e. The van der Waals surface area contributed by atoms with Gasteiger partial charge in [0.25, 0.3) is 5.91 Å². The van der Waals surface area contributed by atoms with E-state index < -0.39 is 0 Å². The second kappa shape index (κ2) is 8.80. The van der Waals surface area contributed by atoms with Crippen LogP contribution >= 0.6 is 22.6 Å². The fourth-order valence-corrected chi connectivity index (χ4v) is 3.27. The highest BCUT2D eigenvalue weighted by Gasteiger charge is 2.13. The molecule has 0 unspecified atom stereocenters. The van der Waals surface area contributed by atoms with Gasteiger partial charge in [0.05, 0.1) is 30.5 Å². The normalized spacial score (nSPS) is 12.1. The van der Waals surface area contributed by atoms with Crippen LogP contribution in [0.4, 0.5) is 5.69 Å². The van der Waals surface area contributed by atoms with Gasteiger partial charge in [-0.2, -0.15) is 5.10 Å². The molecule has 2 aromatic rings. The van der Waals surface area contributed by atoms with Crippen LogP contribution in [0.25, 0.3) is 0 Å². The van der Waals surface area contributed by atoms with Gasteiger partial charge in [0.15, 0.2) is 23.0 Å². The summed E-state index contributed by atoms with van der Waals surface area (Å²) in [6.45, 7) is 0.281. The predicted molar refractivity (Wildman–Crippen MR) is 109 cm³/mol. The number of nitrogens with zero attached hydrogens (tertiary/aromatic N) is 1. The summed E-state index contributed by atoms with van der Waals surface area (Å²) >= 11 is 2.15. The Morgan fingerprint density at radius 1 is 1.22 bits per heavy atom. The molecule has 0 bridgehead atoms. The van der Waals surface area contributed by atoms with E-state index in [9.17, 15) is 4.79 Å². The molecule has 1 aliphatic rings. The minimum Gasteiger partial charge on any atom is -0.493 e. The van der Waals surface area contributed by atoms with Crippen molar-refractivity contribution in [3.63, 3.8) is 0 Å². The number of carbonyl (C=O) groups excluding carboxylic acids is 1. The van der Waals surface area contributed by atoms with E-state index >= 15 is 0 Å². The second-order valence-corrected chi connectivity index (χ2v) is 6.62. The summed E-state index contributed by atoms with van der Waals surface area (Å²) in [4.78, 5) is 11.9. The van der Waals surface area contributed by atoms with Crippen LogP contribution < -0.4 is 29.7 Å². The Bertz CT molecular complexity index is 872. The average Bonchev–Trinajstić information content (AvgIpc) is 3.13. The first-order chi connectivity index (χ1) is 13.1. The summed E-state index contributed by atoms with van der Waals surface area (Å²) in [7, 11) is 3.15. The van der Waals surface area contributed by atoms with Gasteiger partial charge in [-0.3, -0.25) is 4.79 Å². The van der Waals surface area contributed by atoms with Crippen molar-refractivity contribution in [3.8, 4) is 23.0 Å². The maximum atomic E-state index is 11.9. The van der Waals surface area contributed by atoms with Crippen molar-refractivity contribution in [2.24, 2.45) is 5.10 Å². The van der Waals surface area contributed by atoms with Gasteiger partial charge in [0.2, 0.25) is 6.79 Å². The van der Waals surface area contributed by atoms with E-state index in [1.165, 1.54) is 0 Å². The first kappa shape index (κ1) is 19.1. The third-order valence-electron chi connectivity index (χ3n) is 3.68. The number of fused-ring (bicyclic) bond motifs is 1. The largest absolute Gasteiger partial charge is 0.493 e. The van der Waals surface area contributed by atoms with E-state index in [-0.39, 0.29) is 19.2 Å². The molecule has 1 amide bonds. The first-order valence-corrected chi connectivity index (χ1v) is 9.05. The molecule has 0 aliphatic carbocycles. The summed E-state index contributed by atoms with van der Waals surface area (Å²) in [5.74, 6) is 2.33. The molecule has 1 aliphatic heterocycles. The molecule has 0 aromatic heterocycles. The zero-order chi connectivity index (χ0) is 19.2. The van der Waals surface area contributed by atoms with Gasteiger partial charge < -0.3 is 24.3 Å². The number of ether oxygens (including phenoxy) is 4. The molecule has 3 rings (SSSR count). The summed E-state index contributed by atoms with van der Waals surface area (Å²) in [6.07, 6.45) is 1.54. The molecule has 0 radical (unpaired) electrons. The number of halogens is 1. The number of hydrogen-bond acceptors (Lipinski definition) is 7. The molecule has 9 heteroatoms. The highest BCUT2D eigenvalue weighted by molar-refractivity contribution is 14.1. The van der Waals surface area contributed by atoms with Crippen LogP contribution in [0, 0.1) is 3.57 Å². The van der Waals surface area contributed by atoms with Crippen molar-refractivity contribution in [2.75, 3.05) is 32.9 Å². The highest BCUT2D eigenvalue weighted by Crippen LogP contribution is 2.34. The predicted octanol–water partition coefficient (Wildman–Crippen LogP) is 2.60. The zero-order valence-corrected chi connectivity index (χ0v) is 16.9. The SMILES string of the molecule is COc1cc(C=NNC(=O)CNc2ccc3c(c2)OCO3)cc(I)c1OC. The number of hydrazone groups is 1. The Morgan fingerprint density at radius 3 is 2.81 bits per heavy atom. The van der Waals surface area contributed by atoms with Crippen molar-refractivity contribution < 1.29 is 23.7 Å². The van der Waals surface area contributed by atoms with Crippen LogP contribution in [0.1, 0.15) is 5.56 Å². The quantitative estimate of drug-likeness (QED) is 0.358. The summed E-state index contributed by atoms with van der Waals surface area (Å²) in [5, 5.41) is 6.98. The van der Waals surface area contributed by atoms with Crippen LogP contribution in [0.2, 0.25) is 0 Å².